The summed E-state index contributed by atoms with van der Waals surface area (Å²) in [5.41, 5.74) is 6.27. The van der Waals surface area contributed by atoms with Crippen LogP contribution >= 0.6 is 11.8 Å². The van der Waals surface area contributed by atoms with Gasteiger partial charge in [-0.2, -0.15) is 10.3 Å². The van der Waals surface area contributed by atoms with E-state index in [4.69, 9.17) is 24.7 Å². The van der Waals surface area contributed by atoms with Gasteiger partial charge in [0.15, 0.2) is 11.5 Å². The fourth-order valence-corrected chi connectivity index (χ4v) is 4.46. The van der Waals surface area contributed by atoms with E-state index in [9.17, 15) is 14.9 Å². The minimum Gasteiger partial charge on any atom is -0.493 e. The van der Waals surface area contributed by atoms with Gasteiger partial charge in [-0.3, -0.25) is 0 Å². The number of halogens is 1. The van der Waals surface area contributed by atoms with E-state index in [1.54, 1.807) is 27.0 Å². The lowest BCUT2D eigenvalue weighted by atomic mass is 9.98. The minimum atomic E-state index is -1.28. The molecule has 40 heavy (non-hydrogen) atoms. The molecule has 10 nitrogen and oxygen atoms in total. The van der Waals surface area contributed by atoms with Crippen molar-refractivity contribution in [1.82, 2.24) is 0 Å². The molecule has 0 aliphatic carbocycles. The van der Waals surface area contributed by atoms with Crippen molar-refractivity contribution in [3.63, 3.8) is 0 Å². The number of hydrogen-bond acceptors (Lipinski definition) is 10. The number of amides is 1. The van der Waals surface area contributed by atoms with Gasteiger partial charge in [0.1, 0.15) is 28.2 Å². The zero-order valence-electron chi connectivity index (χ0n) is 23.2. The fourth-order valence-electron chi connectivity index (χ4n) is 3.95. The number of esters is 1. The third-order valence-corrected chi connectivity index (χ3v) is 6.39. The molecule has 0 saturated carbocycles. The Bertz CT molecular complexity index is 1410. The fraction of sp³-hybridized carbons (Fsp3) is 0.393. The smallest absolute Gasteiger partial charge is 0.434 e. The van der Waals surface area contributed by atoms with Crippen molar-refractivity contribution in [2.45, 2.75) is 45.3 Å². The number of nitrogens with two attached hydrogens (primary N) is 1. The number of fused-ring (bicyclic) bond motifs is 1. The molecule has 0 bridgehead atoms. The summed E-state index contributed by atoms with van der Waals surface area (Å²) >= 11 is 1.05. The van der Waals surface area contributed by atoms with Crippen molar-refractivity contribution >= 4 is 40.3 Å². The Balaban J connectivity index is 2.26. The molecule has 1 atom stereocenters. The first-order chi connectivity index (χ1) is 18.9. The van der Waals surface area contributed by atoms with Gasteiger partial charge in [-0.15, -0.1) is 11.8 Å². The highest BCUT2D eigenvalue weighted by Gasteiger charge is 2.29. The number of thioether (sulfide) groups is 1. The van der Waals surface area contributed by atoms with E-state index < -0.39 is 29.5 Å². The van der Waals surface area contributed by atoms with Crippen molar-refractivity contribution in [1.29, 1.82) is 5.26 Å². The van der Waals surface area contributed by atoms with Gasteiger partial charge in [-0.05, 0) is 69.7 Å². The van der Waals surface area contributed by atoms with E-state index in [1.165, 1.54) is 38.5 Å². The first-order valence-corrected chi connectivity index (χ1v) is 13.5. The van der Waals surface area contributed by atoms with Gasteiger partial charge in [0.05, 0.1) is 38.1 Å². The van der Waals surface area contributed by atoms with Gasteiger partial charge in [0, 0.05) is 11.1 Å². The van der Waals surface area contributed by atoms with Crippen LogP contribution in [0.2, 0.25) is 0 Å². The number of ether oxygens (including phenoxy) is 4. The minimum absolute atomic E-state index is 0.00331. The van der Waals surface area contributed by atoms with Gasteiger partial charge in [-0.25, -0.2) is 19.0 Å². The molecular weight excluding hydrogens is 539 g/mol. The lowest BCUT2D eigenvalue weighted by Gasteiger charge is -2.23. The summed E-state index contributed by atoms with van der Waals surface area (Å²) in [6.45, 7) is 5.53. The lowest BCUT2D eigenvalue weighted by Crippen LogP contribution is -2.32. The number of hydrogen-bond donors (Lipinski definition) is 1. The Morgan fingerprint density at radius 2 is 1.98 bits per heavy atom. The average molecular weight is 571 g/mol. The first-order valence-electron chi connectivity index (χ1n) is 12.3. The largest absolute Gasteiger partial charge is 0.493 e. The van der Waals surface area contributed by atoms with E-state index in [2.05, 4.69) is 9.98 Å². The van der Waals surface area contributed by atoms with E-state index in [-0.39, 0.29) is 33.1 Å². The molecular formula is C28H31FN4O6S. The molecule has 1 heterocycles. The molecule has 1 unspecified atom stereocenters. The van der Waals surface area contributed by atoms with E-state index in [0.29, 0.717) is 36.5 Å². The van der Waals surface area contributed by atoms with Crippen LogP contribution in [-0.4, -0.2) is 55.5 Å². The van der Waals surface area contributed by atoms with Crippen LogP contribution in [0.15, 0.2) is 34.3 Å². The van der Waals surface area contributed by atoms with Gasteiger partial charge in [0.2, 0.25) is 0 Å². The molecule has 12 heteroatoms. The highest BCUT2D eigenvalue weighted by molar-refractivity contribution is 8.15. The zero-order chi connectivity index (χ0) is 29.6. The number of nitriles is 1. The number of carbonyl (C=O) groups excluding carboxylic acids is 2. The molecule has 2 N–H and O–H groups in total. The van der Waals surface area contributed by atoms with Gasteiger partial charge in [-0.1, -0.05) is 0 Å². The van der Waals surface area contributed by atoms with Crippen LogP contribution in [0.1, 0.15) is 55.5 Å². The van der Waals surface area contributed by atoms with Crippen molar-refractivity contribution in [3.05, 3.63) is 52.3 Å². The molecule has 1 amide bonds. The lowest BCUT2D eigenvalue weighted by molar-refractivity contribution is -0.156. The topological polar surface area (TPSA) is 146 Å². The van der Waals surface area contributed by atoms with Gasteiger partial charge in [0.25, 0.3) is 0 Å². The maximum atomic E-state index is 16.0. The van der Waals surface area contributed by atoms with Crippen molar-refractivity contribution < 1.29 is 32.9 Å². The predicted octanol–water partition coefficient (Wildman–Crippen LogP) is 5.02. The van der Waals surface area contributed by atoms with E-state index in [1.807, 2.05) is 6.07 Å². The molecule has 0 aromatic heterocycles. The number of benzene rings is 2. The summed E-state index contributed by atoms with van der Waals surface area (Å²) in [4.78, 5) is 33.4. The van der Waals surface area contributed by atoms with Crippen molar-refractivity contribution in [2.24, 2.45) is 15.7 Å². The van der Waals surface area contributed by atoms with Crippen LogP contribution in [0.25, 0.3) is 0 Å². The molecule has 0 saturated heterocycles. The number of aliphatic imine (C=N–C) groups is 2. The van der Waals surface area contributed by atoms with Crippen LogP contribution in [0.5, 0.6) is 11.5 Å². The molecule has 0 radical (unpaired) electrons. The molecule has 1 aliphatic heterocycles. The zero-order valence-corrected chi connectivity index (χ0v) is 24.0. The average Bonchev–Trinajstić information content (AvgIpc) is 2.93. The number of carbonyl (C=O) groups is 2. The Kier molecular flexibility index (Phi) is 9.89. The second-order valence-electron chi connectivity index (χ2n) is 9.65. The molecule has 0 fully saturated rings. The van der Waals surface area contributed by atoms with Crippen LogP contribution < -0.4 is 15.2 Å². The van der Waals surface area contributed by atoms with Crippen LogP contribution in [-0.2, 0) is 20.7 Å². The summed E-state index contributed by atoms with van der Waals surface area (Å²) in [5.74, 6) is -0.716. The molecule has 3 rings (SSSR count). The molecule has 2 aromatic rings. The summed E-state index contributed by atoms with van der Waals surface area (Å²) in [5, 5.41) is 9.71. The Morgan fingerprint density at radius 3 is 2.58 bits per heavy atom. The van der Waals surface area contributed by atoms with Crippen LogP contribution in [0.3, 0.4) is 0 Å². The summed E-state index contributed by atoms with van der Waals surface area (Å²) in [6, 6.07) is 6.57. The Labute approximate surface area is 236 Å². The second-order valence-corrected chi connectivity index (χ2v) is 10.4. The molecule has 212 valence electrons. The van der Waals surface area contributed by atoms with Crippen molar-refractivity contribution in [3.8, 4) is 17.6 Å². The summed E-state index contributed by atoms with van der Waals surface area (Å²) < 4.78 is 37.2. The molecule has 1 aliphatic rings. The predicted molar refractivity (Wildman–Crippen MR) is 150 cm³/mol. The summed E-state index contributed by atoms with van der Waals surface area (Å²) in [6.07, 6.45) is 1.76. The normalized spacial score (nSPS) is 14.4. The first kappa shape index (κ1) is 30.6. The maximum absolute atomic E-state index is 16.0. The van der Waals surface area contributed by atoms with Gasteiger partial charge < -0.3 is 24.7 Å². The summed E-state index contributed by atoms with van der Waals surface area (Å²) in [7, 11) is 2.61. The second kappa shape index (κ2) is 12.9. The maximum Gasteiger partial charge on any atom is 0.434 e. The van der Waals surface area contributed by atoms with Gasteiger partial charge >= 0.3 is 12.1 Å². The molecule has 2 aromatic carbocycles. The third kappa shape index (κ3) is 6.97. The standard InChI is InChI=1S/C28H31FN4O6S/c1-28(2,3)39-26(34)22(31)18-12-16(10-9-15(18)14-30)32-23(25(40-6)33-27(35)37-5)19-13-20(36-4)24-17(21(19)29)8-7-11-38-24/h9-10,12-13,22H,7-8,11,31H2,1-6H3. The van der Waals surface area contributed by atoms with E-state index >= 15 is 4.39 Å². The Hall–Kier alpha value is -3.95. The Morgan fingerprint density at radius 1 is 1.25 bits per heavy atom. The number of nitrogens with zero attached hydrogens (tertiary/aromatic N) is 3. The quantitative estimate of drug-likeness (QED) is 0.287. The SMILES string of the molecule is COC(=O)N=C(SC)C(=Nc1ccc(C#N)c(C(N)C(=O)OC(C)(C)C)c1)c1cc(OC)c2c(c1F)CCCO2. The number of methoxy groups -OCH3 is 2. The van der Waals surface area contributed by atoms with Crippen LogP contribution in [0.4, 0.5) is 14.9 Å². The van der Waals surface area contributed by atoms with Crippen molar-refractivity contribution in [2.75, 3.05) is 27.1 Å². The highest BCUT2D eigenvalue weighted by atomic mass is 32.2. The van der Waals surface area contributed by atoms with Crippen LogP contribution in [0, 0.1) is 17.1 Å². The highest BCUT2D eigenvalue weighted by Crippen LogP contribution is 2.39. The third-order valence-electron chi connectivity index (χ3n) is 5.72. The monoisotopic (exact) mass is 570 g/mol. The number of rotatable bonds is 6. The van der Waals surface area contributed by atoms with E-state index in [0.717, 1.165) is 11.8 Å². The molecule has 0 spiro atoms.